The zero-order valence-corrected chi connectivity index (χ0v) is 16.9. The molecule has 8 nitrogen and oxygen atoms in total. The molecule has 5 rings (SSSR count). The van der Waals surface area contributed by atoms with Crippen LogP contribution in [0.4, 0.5) is 5.69 Å². The van der Waals surface area contributed by atoms with Crippen LogP contribution in [-0.2, 0) is 29.1 Å². The van der Waals surface area contributed by atoms with E-state index in [9.17, 15) is 19.2 Å². The summed E-state index contributed by atoms with van der Waals surface area (Å²) in [6.45, 7) is 2.27. The Morgan fingerprint density at radius 1 is 1.00 bits per heavy atom. The first-order chi connectivity index (χ1) is 14.9. The summed E-state index contributed by atoms with van der Waals surface area (Å²) < 4.78 is 0. The van der Waals surface area contributed by atoms with Crippen molar-refractivity contribution < 1.29 is 19.2 Å². The van der Waals surface area contributed by atoms with Crippen molar-refractivity contribution in [3.8, 4) is 0 Å². The number of fused-ring (bicyclic) bond motifs is 2. The van der Waals surface area contributed by atoms with Crippen molar-refractivity contribution in [2.45, 2.75) is 38.4 Å². The lowest BCUT2D eigenvalue weighted by atomic mass is 9.97. The van der Waals surface area contributed by atoms with Crippen LogP contribution in [0, 0.1) is 0 Å². The van der Waals surface area contributed by atoms with E-state index in [-0.39, 0.29) is 18.7 Å². The third-order valence-electron chi connectivity index (χ3n) is 6.29. The van der Waals surface area contributed by atoms with Gasteiger partial charge in [0.2, 0.25) is 11.8 Å². The first kappa shape index (κ1) is 19.4. The molecule has 3 aliphatic rings. The van der Waals surface area contributed by atoms with Gasteiger partial charge in [0, 0.05) is 31.7 Å². The first-order valence-electron chi connectivity index (χ1n) is 10.4. The molecule has 0 aliphatic carbocycles. The Balaban J connectivity index is 1.35. The third kappa shape index (κ3) is 3.29. The van der Waals surface area contributed by atoms with Gasteiger partial charge in [-0.05, 0) is 47.7 Å². The third-order valence-corrected chi connectivity index (χ3v) is 6.29. The quantitative estimate of drug-likeness (QED) is 0.573. The second-order valence-electron chi connectivity index (χ2n) is 8.27. The molecule has 158 valence electrons. The van der Waals surface area contributed by atoms with E-state index in [2.05, 4.69) is 16.3 Å². The first-order valence-corrected chi connectivity index (χ1v) is 10.4. The number of nitrogens with two attached hydrogens (primary N) is 1. The van der Waals surface area contributed by atoms with Crippen LogP contribution in [0.3, 0.4) is 0 Å². The number of carbonyl (C=O) groups is 4. The van der Waals surface area contributed by atoms with Crippen LogP contribution in [0.25, 0.3) is 0 Å². The van der Waals surface area contributed by atoms with Crippen LogP contribution < -0.4 is 11.1 Å². The minimum atomic E-state index is -0.947. The summed E-state index contributed by atoms with van der Waals surface area (Å²) in [7, 11) is 0. The molecular formula is C23H22N4O4. The van der Waals surface area contributed by atoms with Crippen molar-refractivity contribution in [1.29, 1.82) is 0 Å². The van der Waals surface area contributed by atoms with Gasteiger partial charge in [-0.1, -0.05) is 18.2 Å². The summed E-state index contributed by atoms with van der Waals surface area (Å²) in [6.07, 6.45) is 1.13. The van der Waals surface area contributed by atoms with Crippen molar-refractivity contribution >= 4 is 29.3 Å². The maximum atomic E-state index is 13.0. The molecular weight excluding hydrogens is 396 g/mol. The van der Waals surface area contributed by atoms with Gasteiger partial charge in [-0.3, -0.25) is 34.3 Å². The van der Waals surface area contributed by atoms with E-state index in [1.54, 1.807) is 12.1 Å². The number of rotatable bonds is 3. The normalized spacial score (nSPS) is 21.2. The van der Waals surface area contributed by atoms with E-state index in [1.807, 2.05) is 18.2 Å². The lowest BCUT2D eigenvalue weighted by Gasteiger charge is -2.29. The van der Waals surface area contributed by atoms with Gasteiger partial charge in [-0.25, -0.2) is 0 Å². The SMILES string of the molecule is Nc1cccc2c1CCN(Cc1ccc3c(c1)C(=O)N(C1CCC(=O)NC1=O)C3=O)C2. The van der Waals surface area contributed by atoms with E-state index in [4.69, 9.17) is 5.73 Å². The molecule has 1 fully saturated rings. The Labute approximate surface area is 179 Å². The second kappa shape index (κ2) is 7.31. The van der Waals surface area contributed by atoms with E-state index in [0.717, 1.165) is 35.7 Å². The Morgan fingerprint density at radius 2 is 1.81 bits per heavy atom. The van der Waals surface area contributed by atoms with Crippen LogP contribution in [0.2, 0.25) is 0 Å². The number of hydrogen-bond donors (Lipinski definition) is 2. The summed E-state index contributed by atoms with van der Waals surface area (Å²) in [5.74, 6) is -1.95. The van der Waals surface area contributed by atoms with Crippen LogP contribution in [0.15, 0.2) is 36.4 Å². The van der Waals surface area contributed by atoms with Crippen molar-refractivity contribution in [3.05, 3.63) is 64.2 Å². The number of imide groups is 2. The molecule has 0 radical (unpaired) electrons. The van der Waals surface area contributed by atoms with Crippen molar-refractivity contribution in [3.63, 3.8) is 0 Å². The Morgan fingerprint density at radius 3 is 2.61 bits per heavy atom. The fourth-order valence-electron chi connectivity index (χ4n) is 4.71. The predicted molar refractivity (Wildman–Crippen MR) is 112 cm³/mol. The molecule has 0 saturated carbocycles. The number of nitrogens with zero attached hydrogens (tertiary/aromatic N) is 2. The monoisotopic (exact) mass is 418 g/mol. The van der Waals surface area contributed by atoms with Gasteiger partial charge >= 0.3 is 0 Å². The van der Waals surface area contributed by atoms with Crippen molar-refractivity contribution in [1.82, 2.24) is 15.1 Å². The highest BCUT2D eigenvalue weighted by Gasteiger charge is 2.44. The lowest BCUT2D eigenvalue weighted by molar-refractivity contribution is -0.136. The zero-order valence-electron chi connectivity index (χ0n) is 16.9. The molecule has 1 unspecified atom stereocenters. The number of anilines is 1. The Kier molecular flexibility index (Phi) is 4.59. The van der Waals surface area contributed by atoms with Crippen LogP contribution in [0.1, 0.15) is 50.2 Å². The van der Waals surface area contributed by atoms with E-state index < -0.39 is 23.8 Å². The minimum absolute atomic E-state index is 0.107. The van der Waals surface area contributed by atoms with Crippen molar-refractivity contribution in [2.75, 3.05) is 12.3 Å². The summed E-state index contributed by atoms with van der Waals surface area (Å²) in [6, 6.07) is 10.3. The lowest BCUT2D eigenvalue weighted by Crippen LogP contribution is -2.54. The van der Waals surface area contributed by atoms with Crippen LogP contribution in [-0.4, -0.2) is 46.0 Å². The highest BCUT2D eigenvalue weighted by atomic mass is 16.2. The van der Waals surface area contributed by atoms with E-state index in [0.29, 0.717) is 17.7 Å². The van der Waals surface area contributed by atoms with E-state index >= 15 is 0 Å². The summed E-state index contributed by atoms with van der Waals surface area (Å²) in [5, 5.41) is 2.21. The molecule has 0 bridgehead atoms. The van der Waals surface area contributed by atoms with E-state index in [1.165, 1.54) is 11.1 Å². The molecule has 2 aromatic rings. The maximum absolute atomic E-state index is 13.0. The number of amides is 4. The average molecular weight is 418 g/mol. The van der Waals surface area contributed by atoms with Gasteiger partial charge in [0.05, 0.1) is 11.1 Å². The molecule has 4 amide bonds. The summed E-state index contributed by atoms with van der Waals surface area (Å²) in [4.78, 5) is 52.7. The number of nitrogen functional groups attached to an aromatic ring is 1. The Bertz CT molecular complexity index is 1140. The number of benzene rings is 2. The fraction of sp³-hybridized carbons (Fsp3) is 0.304. The molecule has 1 saturated heterocycles. The fourth-order valence-corrected chi connectivity index (χ4v) is 4.71. The zero-order chi connectivity index (χ0) is 21.7. The highest BCUT2D eigenvalue weighted by Crippen LogP contribution is 2.30. The second-order valence-corrected chi connectivity index (χ2v) is 8.27. The standard InChI is InChI=1S/C23H22N4O4/c24-18-3-1-2-14-12-26(9-8-15(14)18)11-13-4-5-16-17(10-13)23(31)27(22(16)30)19-6-7-20(28)25-21(19)29/h1-5,10,19H,6-9,11-12,24H2,(H,25,28,29). The van der Waals surface area contributed by atoms with Gasteiger partial charge in [0.15, 0.2) is 0 Å². The summed E-state index contributed by atoms with van der Waals surface area (Å²) >= 11 is 0. The number of carbonyl (C=O) groups excluding carboxylic acids is 4. The molecule has 3 N–H and O–H groups in total. The maximum Gasteiger partial charge on any atom is 0.262 e. The number of nitrogens with one attached hydrogen (secondary N) is 1. The molecule has 0 aromatic heterocycles. The average Bonchev–Trinajstić information content (AvgIpc) is 2.98. The predicted octanol–water partition coefficient (Wildman–Crippen LogP) is 1.23. The Hall–Kier alpha value is -3.52. The van der Waals surface area contributed by atoms with Crippen molar-refractivity contribution in [2.24, 2.45) is 0 Å². The number of piperidine rings is 1. The largest absolute Gasteiger partial charge is 0.398 e. The van der Waals surface area contributed by atoms with Gasteiger partial charge in [0.25, 0.3) is 11.8 Å². The number of hydrogen-bond acceptors (Lipinski definition) is 6. The molecule has 8 heteroatoms. The van der Waals surface area contributed by atoms with Gasteiger partial charge < -0.3 is 5.73 Å². The van der Waals surface area contributed by atoms with Gasteiger partial charge in [-0.15, -0.1) is 0 Å². The molecule has 0 spiro atoms. The van der Waals surface area contributed by atoms with Crippen LogP contribution in [0.5, 0.6) is 0 Å². The van der Waals surface area contributed by atoms with Gasteiger partial charge in [-0.2, -0.15) is 0 Å². The summed E-state index contributed by atoms with van der Waals surface area (Å²) in [5.41, 5.74) is 10.9. The minimum Gasteiger partial charge on any atom is -0.398 e. The van der Waals surface area contributed by atoms with Gasteiger partial charge in [0.1, 0.15) is 6.04 Å². The molecule has 3 aliphatic heterocycles. The molecule has 2 aromatic carbocycles. The molecule has 3 heterocycles. The molecule has 1 atom stereocenters. The molecule has 31 heavy (non-hydrogen) atoms. The van der Waals surface area contributed by atoms with Crippen LogP contribution >= 0.6 is 0 Å². The topological polar surface area (TPSA) is 113 Å². The smallest absolute Gasteiger partial charge is 0.262 e. The highest BCUT2D eigenvalue weighted by molar-refractivity contribution is 6.23.